The molecule has 5 nitrogen and oxygen atoms in total. The third-order valence-electron chi connectivity index (χ3n) is 5.41. The van der Waals surface area contributed by atoms with Gasteiger partial charge in [-0.05, 0) is 32.1 Å². The Kier molecular flexibility index (Phi) is 15.9. The first kappa shape index (κ1) is 25.6. The minimum atomic E-state index is -1.03. The van der Waals surface area contributed by atoms with Crippen LogP contribution >= 0.6 is 0 Å². The molecule has 1 aliphatic heterocycles. The summed E-state index contributed by atoms with van der Waals surface area (Å²) in [6.07, 6.45) is 17.6. The van der Waals surface area contributed by atoms with Gasteiger partial charge in [0.15, 0.2) is 0 Å². The second kappa shape index (κ2) is 17.4. The lowest BCUT2D eigenvalue weighted by atomic mass is 10.1. The molecule has 0 aliphatic carbocycles. The Labute approximate surface area is 172 Å². The van der Waals surface area contributed by atoms with E-state index in [1.54, 1.807) is 0 Å². The molecule has 1 saturated heterocycles. The molecule has 0 aromatic rings. The van der Waals surface area contributed by atoms with Gasteiger partial charge in [0, 0.05) is 6.61 Å². The van der Waals surface area contributed by atoms with E-state index in [2.05, 4.69) is 19.1 Å². The molecule has 1 fully saturated rings. The number of unbranched alkanes of at least 4 members (excludes halogenated alkanes) is 11. The standard InChI is InChI=1S/C23H44O5/c1-2-3-4-5-6-7-8-9-10-11-12-13-14-15-16-17-27-18-21(25)23-22(26)20(24)19-28-23/h7-8,20-26H,2-6,9-19H2,1H3/b8-7+/t20-,21+,22-,23-/m0/s1. The lowest BCUT2D eigenvalue weighted by molar-refractivity contribution is -0.0813. The molecule has 0 unspecified atom stereocenters. The molecule has 0 amide bonds. The third-order valence-corrected chi connectivity index (χ3v) is 5.41. The Morgan fingerprint density at radius 1 is 0.893 bits per heavy atom. The lowest BCUT2D eigenvalue weighted by Crippen LogP contribution is -2.40. The fourth-order valence-electron chi connectivity index (χ4n) is 3.54. The van der Waals surface area contributed by atoms with Gasteiger partial charge in [-0.3, -0.25) is 0 Å². The summed E-state index contributed by atoms with van der Waals surface area (Å²) in [5, 5.41) is 29.0. The molecule has 3 N–H and O–H groups in total. The number of allylic oxidation sites excluding steroid dienone is 2. The van der Waals surface area contributed by atoms with E-state index in [0.29, 0.717) is 6.61 Å². The molecule has 5 heteroatoms. The number of aliphatic hydroxyl groups is 3. The molecule has 0 bridgehead atoms. The topological polar surface area (TPSA) is 79.2 Å². The second-order valence-electron chi connectivity index (χ2n) is 8.08. The Hall–Kier alpha value is -0.460. The van der Waals surface area contributed by atoms with Gasteiger partial charge >= 0.3 is 0 Å². The molecule has 0 spiro atoms. The normalized spacial score (nSPS) is 23.6. The zero-order valence-electron chi connectivity index (χ0n) is 17.9. The van der Waals surface area contributed by atoms with E-state index >= 15 is 0 Å². The first-order valence-electron chi connectivity index (χ1n) is 11.5. The van der Waals surface area contributed by atoms with Gasteiger partial charge in [0.1, 0.15) is 24.4 Å². The highest BCUT2D eigenvalue weighted by atomic mass is 16.5. The molecule has 0 aromatic carbocycles. The van der Waals surface area contributed by atoms with E-state index in [1.807, 2.05) is 0 Å². The van der Waals surface area contributed by atoms with Crippen molar-refractivity contribution < 1.29 is 24.8 Å². The Morgan fingerprint density at radius 2 is 1.46 bits per heavy atom. The highest BCUT2D eigenvalue weighted by Gasteiger charge is 2.39. The fraction of sp³-hybridized carbons (Fsp3) is 0.913. The summed E-state index contributed by atoms with van der Waals surface area (Å²) in [5.74, 6) is 0. The average molecular weight is 401 g/mol. The molecule has 0 aromatic heterocycles. The van der Waals surface area contributed by atoms with E-state index in [9.17, 15) is 15.3 Å². The monoisotopic (exact) mass is 400 g/mol. The van der Waals surface area contributed by atoms with Crippen molar-refractivity contribution in [1.82, 2.24) is 0 Å². The maximum absolute atomic E-state index is 9.94. The van der Waals surface area contributed by atoms with Crippen LogP contribution in [0.25, 0.3) is 0 Å². The summed E-state index contributed by atoms with van der Waals surface area (Å²) < 4.78 is 10.7. The fourth-order valence-corrected chi connectivity index (χ4v) is 3.54. The average Bonchev–Trinajstić information content (AvgIpc) is 3.03. The second-order valence-corrected chi connectivity index (χ2v) is 8.08. The van der Waals surface area contributed by atoms with Crippen LogP contribution in [-0.4, -0.2) is 59.6 Å². The van der Waals surface area contributed by atoms with Crippen LogP contribution in [0.3, 0.4) is 0 Å². The third kappa shape index (κ3) is 12.2. The van der Waals surface area contributed by atoms with Crippen LogP contribution in [0.15, 0.2) is 12.2 Å². The minimum absolute atomic E-state index is 0.0677. The molecular formula is C23H44O5. The first-order valence-corrected chi connectivity index (χ1v) is 11.5. The van der Waals surface area contributed by atoms with Crippen molar-refractivity contribution in [1.29, 1.82) is 0 Å². The molecule has 1 aliphatic rings. The van der Waals surface area contributed by atoms with Gasteiger partial charge in [0.05, 0.1) is 13.2 Å². The number of rotatable bonds is 18. The van der Waals surface area contributed by atoms with Crippen LogP contribution in [0.4, 0.5) is 0 Å². The van der Waals surface area contributed by atoms with E-state index in [4.69, 9.17) is 9.47 Å². The lowest BCUT2D eigenvalue weighted by Gasteiger charge is -2.20. The van der Waals surface area contributed by atoms with E-state index in [-0.39, 0.29) is 13.2 Å². The van der Waals surface area contributed by atoms with Gasteiger partial charge in [0.25, 0.3) is 0 Å². The van der Waals surface area contributed by atoms with Crippen LogP contribution in [-0.2, 0) is 9.47 Å². The van der Waals surface area contributed by atoms with E-state index in [0.717, 1.165) is 12.8 Å². The van der Waals surface area contributed by atoms with Crippen LogP contribution in [0.5, 0.6) is 0 Å². The molecule has 1 heterocycles. The summed E-state index contributed by atoms with van der Waals surface area (Å²) in [4.78, 5) is 0. The predicted octanol–water partition coefficient (Wildman–Crippen LogP) is 4.13. The number of hydrogen-bond acceptors (Lipinski definition) is 5. The number of hydrogen-bond donors (Lipinski definition) is 3. The zero-order valence-corrected chi connectivity index (χ0v) is 17.9. The maximum Gasteiger partial charge on any atom is 0.114 e. The first-order chi connectivity index (χ1) is 13.7. The summed E-state index contributed by atoms with van der Waals surface area (Å²) in [7, 11) is 0. The van der Waals surface area contributed by atoms with Crippen LogP contribution in [0.2, 0.25) is 0 Å². The molecule has 0 saturated carbocycles. The molecule has 166 valence electrons. The predicted molar refractivity (Wildman–Crippen MR) is 113 cm³/mol. The molecule has 4 atom stereocenters. The molecule has 1 rings (SSSR count). The summed E-state index contributed by atoms with van der Waals surface area (Å²) in [5.41, 5.74) is 0. The van der Waals surface area contributed by atoms with Crippen molar-refractivity contribution in [3.05, 3.63) is 12.2 Å². The Morgan fingerprint density at radius 3 is 2.04 bits per heavy atom. The van der Waals surface area contributed by atoms with Crippen LogP contribution in [0, 0.1) is 0 Å². The smallest absolute Gasteiger partial charge is 0.114 e. The van der Waals surface area contributed by atoms with Gasteiger partial charge in [-0.2, -0.15) is 0 Å². The van der Waals surface area contributed by atoms with Crippen LogP contribution in [0.1, 0.15) is 90.4 Å². The van der Waals surface area contributed by atoms with Crippen molar-refractivity contribution in [2.45, 2.75) is 115 Å². The van der Waals surface area contributed by atoms with E-state index < -0.39 is 24.4 Å². The zero-order chi connectivity index (χ0) is 20.5. The summed E-state index contributed by atoms with van der Waals surface area (Å²) in [6, 6.07) is 0. The minimum Gasteiger partial charge on any atom is -0.388 e. The highest BCUT2D eigenvalue weighted by Crippen LogP contribution is 2.18. The maximum atomic E-state index is 9.94. The van der Waals surface area contributed by atoms with Gasteiger partial charge < -0.3 is 24.8 Å². The van der Waals surface area contributed by atoms with Crippen molar-refractivity contribution in [2.24, 2.45) is 0 Å². The van der Waals surface area contributed by atoms with Gasteiger partial charge in [-0.25, -0.2) is 0 Å². The van der Waals surface area contributed by atoms with Crippen molar-refractivity contribution in [3.8, 4) is 0 Å². The van der Waals surface area contributed by atoms with Gasteiger partial charge in [0.2, 0.25) is 0 Å². The van der Waals surface area contributed by atoms with Crippen LogP contribution < -0.4 is 0 Å². The van der Waals surface area contributed by atoms with Crippen molar-refractivity contribution in [2.75, 3.05) is 19.8 Å². The summed E-state index contributed by atoms with van der Waals surface area (Å²) >= 11 is 0. The van der Waals surface area contributed by atoms with Gasteiger partial charge in [-0.15, -0.1) is 0 Å². The largest absolute Gasteiger partial charge is 0.388 e. The Balaban J connectivity index is 1.79. The SMILES string of the molecule is CCCCCC/C=C/CCCCCCCCCOC[C@@H](O)[C@@H]1OC[C@H](O)[C@@H]1O. The number of ether oxygens (including phenoxy) is 2. The van der Waals surface area contributed by atoms with Crippen molar-refractivity contribution >= 4 is 0 Å². The molecular weight excluding hydrogens is 356 g/mol. The van der Waals surface area contributed by atoms with E-state index in [1.165, 1.54) is 70.6 Å². The molecule has 0 radical (unpaired) electrons. The quantitative estimate of drug-likeness (QED) is 0.238. The molecule has 28 heavy (non-hydrogen) atoms. The highest BCUT2D eigenvalue weighted by molar-refractivity contribution is 4.87. The van der Waals surface area contributed by atoms with Gasteiger partial charge in [-0.1, -0.05) is 70.4 Å². The number of aliphatic hydroxyl groups excluding tert-OH is 3. The summed E-state index contributed by atoms with van der Waals surface area (Å²) in [6.45, 7) is 3.08. The Bertz CT molecular complexity index is 374. The van der Waals surface area contributed by atoms with Crippen molar-refractivity contribution in [3.63, 3.8) is 0 Å².